The number of aliphatic hydroxyl groups excluding tert-OH is 1. The summed E-state index contributed by atoms with van der Waals surface area (Å²) in [7, 11) is 1.65. The zero-order valence-electron chi connectivity index (χ0n) is 6.34. The smallest absolute Gasteiger partial charge is 0.0650 e. The van der Waals surface area contributed by atoms with Crippen LogP contribution in [0.2, 0.25) is 0 Å². The number of hydrogen-bond acceptors (Lipinski definition) is 2. The highest BCUT2D eigenvalue weighted by atomic mass is 16.5. The summed E-state index contributed by atoms with van der Waals surface area (Å²) in [6, 6.07) is 0. The summed E-state index contributed by atoms with van der Waals surface area (Å²) in [6.07, 6.45) is 6.70. The highest BCUT2D eigenvalue weighted by Crippen LogP contribution is 1.99. The third kappa shape index (κ3) is 5.61. The summed E-state index contributed by atoms with van der Waals surface area (Å²) in [5.74, 6) is 2.40. The van der Waals surface area contributed by atoms with Gasteiger partial charge in [-0.25, -0.2) is 0 Å². The second-order valence-corrected chi connectivity index (χ2v) is 2.20. The summed E-state index contributed by atoms with van der Waals surface area (Å²) < 4.78 is 4.81. The molecule has 0 amide bonds. The van der Waals surface area contributed by atoms with Gasteiger partial charge in [-0.3, -0.25) is 0 Å². The largest absolute Gasteiger partial charge is 0.392 e. The van der Waals surface area contributed by atoms with Crippen LogP contribution in [0.1, 0.15) is 19.3 Å². The molecule has 0 radical (unpaired) electrons. The van der Waals surface area contributed by atoms with E-state index in [2.05, 4.69) is 5.92 Å². The molecule has 0 aromatic heterocycles. The predicted octanol–water partition coefficient (Wildman–Crippen LogP) is 0.797. The topological polar surface area (TPSA) is 29.5 Å². The van der Waals surface area contributed by atoms with E-state index in [1.54, 1.807) is 7.11 Å². The lowest BCUT2D eigenvalue weighted by molar-refractivity contribution is 0.138. The van der Waals surface area contributed by atoms with E-state index in [0.717, 1.165) is 12.8 Å². The van der Waals surface area contributed by atoms with Gasteiger partial charge in [0.25, 0.3) is 0 Å². The molecule has 0 spiro atoms. The van der Waals surface area contributed by atoms with E-state index in [1.165, 1.54) is 0 Å². The zero-order chi connectivity index (χ0) is 7.82. The van der Waals surface area contributed by atoms with Gasteiger partial charge < -0.3 is 9.84 Å². The van der Waals surface area contributed by atoms with Crippen molar-refractivity contribution in [2.24, 2.45) is 0 Å². The van der Waals surface area contributed by atoms with Crippen molar-refractivity contribution in [3.63, 3.8) is 0 Å². The molecule has 0 saturated heterocycles. The van der Waals surface area contributed by atoms with Crippen LogP contribution in [0.5, 0.6) is 0 Å². The fourth-order valence-electron chi connectivity index (χ4n) is 0.701. The molecule has 0 aliphatic carbocycles. The van der Waals surface area contributed by atoms with Gasteiger partial charge in [0, 0.05) is 20.1 Å². The first kappa shape index (κ1) is 9.48. The molecule has 0 saturated carbocycles. The Hall–Kier alpha value is -0.520. The molecule has 2 nitrogen and oxygen atoms in total. The minimum absolute atomic E-state index is 0.347. The Morgan fingerprint density at radius 1 is 1.70 bits per heavy atom. The third-order valence-electron chi connectivity index (χ3n) is 1.24. The molecule has 1 N–H and O–H groups in total. The molecule has 10 heavy (non-hydrogen) atoms. The number of terminal acetylenes is 1. The monoisotopic (exact) mass is 142 g/mol. The average Bonchev–Trinajstić information content (AvgIpc) is 1.89. The Morgan fingerprint density at radius 2 is 2.40 bits per heavy atom. The van der Waals surface area contributed by atoms with Gasteiger partial charge in [-0.15, -0.1) is 12.3 Å². The minimum Gasteiger partial charge on any atom is -0.392 e. The summed E-state index contributed by atoms with van der Waals surface area (Å²) in [6.45, 7) is 0.696. The predicted molar refractivity (Wildman–Crippen MR) is 40.6 cm³/mol. The molecule has 58 valence electrons. The van der Waals surface area contributed by atoms with Crippen molar-refractivity contribution in [2.45, 2.75) is 25.4 Å². The number of methoxy groups -OCH3 is 1. The second kappa shape index (κ2) is 6.60. The van der Waals surface area contributed by atoms with E-state index in [0.29, 0.717) is 13.0 Å². The van der Waals surface area contributed by atoms with Crippen LogP contribution in [0, 0.1) is 12.3 Å². The van der Waals surface area contributed by atoms with Crippen molar-refractivity contribution in [3.8, 4) is 12.3 Å². The molecule has 0 aromatic rings. The Kier molecular flexibility index (Phi) is 6.25. The lowest BCUT2D eigenvalue weighted by Gasteiger charge is -2.04. The lowest BCUT2D eigenvalue weighted by atomic mass is 10.1. The molecule has 0 rings (SSSR count). The highest BCUT2D eigenvalue weighted by Gasteiger charge is 1.99. The summed E-state index contributed by atoms with van der Waals surface area (Å²) in [4.78, 5) is 0. The van der Waals surface area contributed by atoms with E-state index in [-0.39, 0.29) is 6.10 Å². The van der Waals surface area contributed by atoms with Crippen LogP contribution in [0.3, 0.4) is 0 Å². The standard InChI is InChI=1S/C8H14O2/c1-3-5-8(9)6-4-7-10-2/h1,8-9H,4-7H2,2H3. The van der Waals surface area contributed by atoms with Gasteiger partial charge in [-0.05, 0) is 12.8 Å². The lowest BCUT2D eigenvalue weighted by Crippen LogP contribution is -2.06. The second-order valence-electron chi connectivity index (χ2n) is 2.20. The Balaban J connectivity index is 3.06. The SMILES string of the molecule is C#CCC(O)CCCOC. The van der Waals surface area contributed by atoms with Gasteiger partial charge >= 0.3 is 0 Å². The van der Waals surface area contributed by atoms with Crippen LogP contribution >= 0.6 is 0 Å². The maximum absolute atomic E-state index is 9.08. The van der Waals surface area contributed by atoms with Gasteiger partial charge in [0.15, 0.2) is 0 Å². The highest BCUT2D eigenvalue weighted by molar-refractivity contribution is 4.86. The van der Waals surface area contributed by atoms with Crippen LogP contribution in [-0.4, -0.2) is 24.9 Å². The van der Waals surface area contributed by atoms with Crippen molar-refractivity contribution in [1.82, 2.24) is 0 Å². The van der Waals surface area contributed by atoms with Crippen LogP contribution in [0.15, 0.2) is 0 Å². The first-order valence-corrected chi connectivity index (χ1v) is 3.41. The average molecular weight is 142 g/mol. The fraction of sp³-hybridized carbons (Fsp3) is 0.750. The van der Waals surface area contributed by atoms with Crippen molar-refractivity contribution in [3.05, 3.63) is 0 Å². The van der Waals surface area contributed by atoms with Crippen molar-refractivity contribution >= 4 is 0 Å². The normalized spacial score (nSPS) is 12.5. The number of aliphatic hydroxyl groups is 1. The van der Waals surface area contributed by atoms with Crippen LogP contribution < -0.4 is 0 Å². The van der Waals surface area contributed by atoms with E-state index in [4.69, 9.17) is 16.3 Å². The number of ether oxygens (including phenoxy) is 1. The summed E-state index contributed by atoms with van der Waals surface area (Å²) in [5.41, 5.74) is 0. The number of rotatable bonds is 5. The van der Waals surface area contributed by atoms with E-state index < -0.39 is 0 Å². The molecular weight excluding hydrogens is 128 g/mol. The summed E-state index contributed by atoms with van der Waals surface area (Å²) >= 11 is 0. The quantitative estimate of drug-likeness (QED) is 0.454. The van der Waals surface area contributed by atoms with Gasteiger partial charge in [0.2, 0.25) is 0 Å². The fourth-order valence-corrected chi connectivity index (χ4v) is 0.701. The minimum atomic E-state index is -0.347. The van der Waals surface area contributed by atoms with E-state index in [1.807, 2.05) is 0 Å². The molecule has 0 aromatic carbocycles. The molecule has 1 unspecified atom stereocenters. The molecule has 0 aliphatic heterocycles. The molecular formula is C8H14O2. The van der Waals surface area contributed by atoms with Gasteiger partial charge in [0.1, 0.15) is 0 Å². The first-order valence-electron chi connectivity index (χ1n) is 3.41. The molecule has 0 aliphatic rings. The summed E-state index contributed by atoms with van der Waals surface area (Å²) in [5, 5.41) is 9.08. The molecule has 0 bridgehead atoms. The molecule has 2 heteroatoms. The van der Waals surface area contributed by atoms with Crippen molar-refractivity contribution in [2.75, 3.05) is 13.7 Å². The van der Waals surface area contributed by atoms with Crippen molar-refractivity contribution in [1.29, 1.82) is 0 Å². The Morgan fingerprint density at radius 3 is 2.90 bits per heavy atom. The van der Waals surface area contributed by atoms with E-state index >= 15 is 0 Å². The number of hydrogen-bond donors (Lipinski definition) is 1. The Labute approximate surface area is 62.2 Å². The molecule has 0 heterocycles. The van der Waals surface area contributed by atoms with Gasteiger partial charge in [-0.2, -0.15) is 0 Å². The Bertz CT molecular complexity index is 104. The van der Waals surface area contributed by atoms with Crippen LogP contribution in [0.25, 0.3) is 0 Å². The van der Waals surface area contributed by atoms with Gasteiger partial charge in [0.05, 0.1) is 6.10 Å². The maximum atomic E-state index is 9.08. The van der Waals surface area contributed by atoms with Crippen LogP contribution in [0.4, 0.5) is 0 Å². The van der Waals surface area contributed by atoms with Crippen LogP contribution in [-0.2, 0) is 4.74 Å². The third-order valence-corrected chi connectivity index (χ3v) is 1.24. The first-order chi connectivity index (χ1) is 4.81. The zero-order valence-corrected chi connectivity index (χ0v) is 6.34. The van der Waals surface area contributed by atoms with E-state index in [9.17, 15) is 0 Å². The van der Waals surface area contributed by atoms with Crippen molar-refractivity contribution < 1.29 is 9.84 Å². The molecule has 1 atom stereocenters. The maximum Gasteiger partial charge on any atom is 0.0650 e. The van der Waals surface area contributed by atoms with Gasteiger partial charge in [-0.1, -0.05) is 0 Å². The molecule has 0 fully saturated rings.